The van der Waals surface area contributed by atoms with Gasteiger partial charge in [-0.15, -0.1) is 0 Å². The molecule has 2 N–H and O–H groups in total. The summed E-state index contributed by atoms with van der Waals surface area (Å²) in [5, 5.41) is 4.76. The molecule has 0 unspecified atom stereocenters. The summed E-state index contributed by atoms with van der Waals surface area (Å²) in [6.45, 7) is -1.26. The third-order valence-electron chi connectivity index (χ3n) is 3.30. The molecule has 0 aliphatic heterocycles. The molecule has 2 aromatic carbocycles. The SMILES string of the molecule is O=C(COC(=O)/C=C/C(=O)OCC(=O)Nc1ccc(F)cc1)Nc1ccc(F)cc1. The summed E-state index contributed by atoms with van der Waals surface area (Å²) in [5.41, 5.74) is 0.631. The number of benzene rings is 2. The van der Waals surface area contributed by atoms with Crippen LogP contribution in [0.15, 0.2) is 60.7 Å². The maximum Gasteiger partial charge on any atom is 0.331 e. The third-order valence-corrected chi connectivity index (χ3v) is 3.30. The number of rotatable bonds is 8. The van der Waals surface area contributed by atoms with E-state index in [9.17, 15) is 28.0 Å². The van der Waals surface area contributed by atoms with Crippen molar-refractivity contribution < 1.29 is 37.4 Å². The van der Waals surface area contributed by atoms with Gasteiger partial charge in [-0.25, -0.2) is 18.4 Å². The Kier molecular flexibility index (Phi) is 8.18. The fraction of sp³-hybridized carbons (Fsp3) is 0.100. The van der Waals surface area contributed by atoms with Crippen LogP contribution in [0, 0.1) is 11.6 Å². The van der Waals surface area contributed by atoms with Crippen LogP contribution in [-0.4, -0.2) is 37.0 Å². The lowest BCUT2D eigenvalue weighted by molar-refractivity contribution is -0.144. The number of nitrogens with one attached hydrogen (secondary N) is 2. The number of hydrogen-bond donors (Lipinski definition) is 2. The van der Waals surface area contributed by atoms with Crippen molar-refractivity contribution in [2.24, 2.45) is 0 Å². The molecule has 10 heteroatoms. The van der Waals surface area contributed by atoms with E-state index in [1.807, 2.05) is 0 Å². The maximum absolute atomic E-state index is 12.8. The van der Waals surface area contributed by atoms with E-state index in [0.717, 1.165) is 36.4 Å². The minimum atomic E-state index is -0.989. The van der Waals surface area contributed by atoms with Crippen molar-refractivity contribution in [2.45, 2.75) is 0 Å². The van der Waals surface area contributed by atoms with E-state index < -0.39 is 48.6 Å². The molecule has 0 heterocycles. The van der Waals surface area contributed by atoms with Gasteiger partial charge in [0.05, 0.1) is 0 Å². The highest BCUT2D eigenvalue weighted by atomic mass is 19.1. The van der Waals surface area contributed by atoms with Gasteiger partial charge in [0.25, 0.3) is 11.8 Å². The summed E-state index contributed by atoms with van der Waals surface area (Å²) in [6, 6.07) is 9.92. The molecule has 0 aliphatic rings. The number of ether oxygens (including phenoxy) is 2. The van der Waals surface area contributed by atoms with Crippen LogP contribution in [-0.2, 0) is 28.7 Å². The summed E-state index contributed by atoms with van der Waals surface area (Å²) in [6.07, 6.45) is 1.46. The van der Waals surface area contributed by atoms with Crippen molar-refractivity contribution in [1.29, 1.82) is 0 Å². The van der Waals surface area contributed by atoms with Crippen LogP contribution < -0.4 is 10.6 Å². The second kappa shape index (κ2) is 11.1. The molecule has 0 spiro atoms. The first-order valence-electron chi connectivity index (χ1n) is 8.44. The summed E-state index contributed by atoms with van der Waals surface area (Å²) in [5.74, 6) is -4.24. The minimum absolute atomic E-state index is 0.315. The average molecular weight is 418 g/mol. The van der Waals surface area contributed by atoms with E-state index in [2.05, 4.69) is 20.1 Å². The molecule has 0 aliphatic carbocycles. The average Bonchev–Trinajstić information content (AvgIpc) is 2.72. The topological polar surface area (TPSA) is 111 Å². The van der Waals surface area contributed by atoms with Crippen molar-refractivity contribution >= 4 is 35.1 Å². The van der Waals surface area contributed by atoms with Crippen molar-refractivity contribution in [3.63, 3.8) is 0 Å². The number of carbonyl (C=O) groups excluding carboxylic acids is 4. The zero-order valence-corrected chi connectivity index (χ0v) is 15.4. The summed E-state index contributed by atoms with van der Waals surface area (Å²) in [7, 11) is 0. The number of carbonyl (C=O) groups is 4. The highest BCUT2D eigenvalue weighted by Gasteiger charge is 2.08. The van der Waals surface area contributed by atoms with E-state index in [-0.39, 0.29) is 0 Å². The second-order valence-corrected chi connectivity index (χ2v) is 5.66. The first-order chi connectivity index (χ1) is 14.3. The Morgan fingerprint density at radius 1 is 0.667 bits per heavy atom. The normalized spacial score (nSPS) is 10.3. The molecule has 0 radical (unpaired) electrons. The monoisotopic (exact) mass is 418 g/mol. The predicted molar refractivity (Wildman–Crippen MR) is 101 cm³/mol. The van der Waals surface area contributed by atoms with Gasteiger partial charge in [-0.2, -0.15) is 0 Å². The molecular weight excluding hydrogens is 402 g/mol. The van der Waals surface area contributed by atoms with Gasteiger partial charge in [0, 0.05) is 23.5 Å². The molecule has 2 aromatic rings. The Morgan fingerprint density at radius 3 is 1.33 bits per heavy atom. The van der Waals surface area contributed by atoms with Crippen LogP contribution in [0.4, 0.5) is 20.2 Å². The van der Waals surface area contributed by atoms with E-state index in [1.165, 1.54) is 24.3 Å². The van der Waals surface area contributed by atoms with Gasteiger partial charge in [-0.05, 0) is 48.5 Å². The molecule has 8 nitrogen and oxygen atoms in total. The first kappa shape index (κ1) is 22.2. The summed E-state index contributed by atoms with van der Waals surface area (Å²) < 4.78 is 34.8. The van der Waals surface area contributed by atoms with Crippen LogP contribution in [0.25, 0.3) is 0 Å². The van der Waals surface area contributed by atoms with Crippen molar-refractivity contribution in [2.75, 3.05) is 23.8 Å². The largest absolute Gasteiger partial charge is 0.452 e. The van der Waals surface area contributed by atoms with Gasteiger partial charge in [-0.1, -0.05) is 0 Å². The van der Waals surface area contributed by atoms with Crippen molar-refractivity contribution in [3.05, 3.63) is 72.3 Å². The number of halogens is 2. The Hall–Kier alpha value is -4.08. The van der Waals surface area contributed by atoms with Crippen LogP contribution in [0.2, 0.25) is 0 Å². The lowest BCUT2D eigenvalue weighted by atomic mass is 10.3. The molecule has 30 heavy (non-hydrogen) atoms. The van der Waals surface area contributed by atoms with Gasteiger partial charge in [0.1, 0.15) is 11.6 Å². The van der Waals surface area contributed by atoms with E-state index in [1.54, 1.807) is 0 Å². The first-order valence-corrected chi connectivity index (χ1v) is 8.44. The summed E-state index contributed by atoms with van der Waals surface area (Å²) in [4.78, 5) is 46.2. The molecule has 156 valence electrons. The Morgan fingerprint density at radius 2 is 1.00 bits per heavy atom. The Labute approximate surface area is 169 Å². The lowest BCUT2D eigenvalue weighted by Crippen LogP contribution is -2.21. The van der Waals surface area contributed by atoms with Crippen molar-refractivity contribution in [3.8, 4) is 0 Å². The van der Waals surface area contributed by atoms with Crippen LogP contribution in [0.5, 0.6) is 0 Å². The fourth-order valence-corrected chi connectivity index (χ4v) is 1.97. The molecule has 0 fully saturated rings. The highest BCUT2D eigenvalue weighted by Crippen LogP contribution is 2.08. The quantitative estimate of drug-likeness (QED) is 0.502. The van der Waals surface area contributed by atoms with Crippen LogP contribution >= 0.6 is 0 Å². The van der Waals surface area contributed by atoms with Crippen LogP contribution in [0.3, 0.4) is 0 Å². The molecule has 0 saturated heterocycles. The summed E-state index contributed by atoms with van der Waals surface area (Å²) >= 11 is 0. The maximum atomic E-state index is 12.8. The van der Waals surface area contributed by atoms with Crippen LogP contribution in [0.1, 0.15) is 0 Å². The third kappa shape index (κ3) is 8.30. The smallest absolute Gasteiger partial charge is 0.331 e. The standard InChI is InChI=1S/C20H16F2N2O6/c21-13-1-5-15(6-2-13)23-17(25)11-29-19(27)9-10-20(28)30-12-18(26)24-16-7-3-14(22)4-8-16/h1-10H,11-12H2,(H,23,25)(H,24,26)/b10-9+. The van der Waals surface area contributed by atoms with Crippen molar-refractivity contribution in [1.82, 2.24) is 0 Å². The van der Waals surface area contributed by atoms with Gasteiger partial charge < -0.3 is 20.1 Å². The predicted octanol–water partition coefficient (Wildman–Crippen LogP) is 2.18. The molecular formula is C20H16F2N2O6. The molecule has 0 aromatic heterocycles. The number of esters is 2. The molecule has 2 amide bonds. The molecule has 0 atom stereocenters. The van der Waals surface area contributed by atoms with E-state index in [4.69, 9.17) is 0 Å². The van der Waals surface area contributed by atoms with E-state index >= 15 is 0 Å². The van der Waals surface area contributed by atoms with Gasteiger partial charge in [0.2, 0.25) is 0 Å². The van der Waals surface area contributed by atoms with E-state index in [0.29, 0.717) is 11.4 Å². The second-order valence-electron chi connectivity index (χ2n) is 5.66. The number of anilines is 2. The zero-order valence-electron chi connectivity index (χ0n) is 15.4. The Bertz CT molecular complexity index is 865. The molecule has 2 rings (SSSR count). The van der Waals surface area contributed by atoms with Gasteiger partial charge >= 0.3 is 11.9 Å². The highest BCUT2D eigenvalue weighted by molar-refractivity contribution is 5.97. The molecule has 0 saturated carbocycles. The zero-order chi connectivity index (χ0) is 21.9. The Balaban J connectivity index is 1.66. The lowest BCUT2D eigenvalue weighted by Gasteiger charge is -2.05. The van der Waals surface area contributed by atoms with Gasteiger partial charge in [-0.3, -0.25) is 9.59 Å². The minimum Gasteiger partial charge on any atom is -0.452 e. The van der Waals surface area contributed by atoms with Gasteiger partial charge in [0.15, 0.2) is 13.2 Å². The number of amides is 2. The molecule has 0 bridgehead atoms. The fourth-order valence-electron chi connectivity index (χ4n) is 1.97. The number of hydrogen-bond acceptors (Lipinski definition) is 6.